The van der Waals surface area contributed by atoms with Gasteiger partial charge in [0.05, 0.1) is 30.7 Å². The minimum absolute atomic E-state index is 0.192. The minimum Gasteiger partial charge on any atom is -0.381 e. The summed E-state index contributed by atoms with van der Waals surface area (Å²) >= 11 is 6.11. The zero-order chi connectivity index (χ0) is 14.7. The van der Waals surface area contributed by atoms with E-state index < -0.39 is 0 Å². The zero-order valence-electron chi connectivity index (χ0n) is 12.1. The van der Waals surface area contributed by atoms with Crippen LogP contribution in [0.5, 0.6) is 0 Å². The molecule has 0 N–H and O–H groups in total. The molecule has 0 aromatic carbocycles. The second-order valence-corrected chi connectivity index (χ2v) is 5.81. The normalized spacial score (nSPS) is 28.3. The zero-order valence-corrected chi connectivity index (χ0v) is 12.8. The molecule has 0 radical (unpaired) electrons. The van der Waals surface area contributed by atoms with Crippen molar-refractivity contribution in [3.05, 3.63) is 24.0 Å². The Morgan fingerprint density at radius 1 is 1.19 bits per heavy atom. The summed E-state index contributed by atoms with van der Waals surface area (Å²) in [7, 11) is 0. The second kappa shape index (κ2) is 6.92. The number of dihydropyridines is 1. The van der Waals surface area contributed by atoms with Gasteiger partial charge in [0.15, 0.2) is 0 Å². The summed E-state index contributed by atoms with van der Waals surface area (Å²) in [4.78, 5) is 6.53. The number of nitrogens with zero attached hydrogens (tertiary/aromatic N) is 2. The van der Waals surface area contributed by atoms with Crippen LogP contribution in [-0.2, 0) is 14.2 Å². The summed E-state index contributed by atoms with van der Waals surface area (Å²) in [5, 5.41) is 0.466. The van der Waals surface area contributed by atoms with Crippen LogP contribution in [0.3, 0.4) is 0 Å². The summed E-state index contributed by atoms with van der Waals surface area (Å²) in [5.74, 6) is 0. The molecule has 0 saturated carbocycles. The number of ether oxygens (including phenoxy) is 3. The molecule has 3 heterocycles. The number of rotatable bonds is 3. The lowest BCUT2D eigenvalue weighted by molar-refractivity contribution is -0.0570. The van der Waals surface area contributed by atoms with Gasteiger partial charge >= 0.3 is 0 Å². The number of halogens is 1. The highest BCUT2D eigenvalue weighted by Gasteiger charge is 2.31. The van der Waals surface area contributed by atoms with Crippen molar-refractivity contribution in [3.8, 4) is 0 Å². The van der Waals surface area contributed by atoms with Crippen LogP contribution in [0.15, 0.2) is 29.0 Å². The van der Waals surface area contributed by atoms with Crippen molar-refractivity contribution in [2.45, 2.75) is 25.0 Å². The fraction of sp³-hybridized carbons (Fsp3) is 0.667. The van der Waals surface area contributed by atoms with E-state index in [1.807, 2.05) is 6.08 Å². The summed E-state index contributed by atoms with van der Waals surface area (Å²) in [6.45, 7) is 8.68. The predicted octanol–water partition coefficient (Wildman–Crippen LogP) is 1.93. The maximum atomic E-state index is 6.26. The van der Waals surface area contributed by atoms with Crippen LogP contribution in [0.25, 0.3) is 0 Å². The fourth-order valence-corrected chi connectivity index (χ4v) is 3.05. The third kappa shape index (κ3) is 3.66. The van der Waals surface area contributed by atoms with E-state index in [1.54, 1.807) is 0 Å². The van der Waals surface area contributed by atoms with Gasteiger partial charge in [-0.2, -0.15) is 0 Å². The van der Waals surface area contributed by atoms with E-state index in [4.69, 9.17) is 25.8 Å². The first-order valence-corrected chi connectivity index (χ1v) is 7.82. The van der Waals surface area contributed by atoms with E-state index in [0.29, 0.717) is 10.9 Å². The van der Waals surface area contributed by atoms with Crippen LogP contribution in [0.2, 0.25) is 0 Å². The number of aliphatic imine (C=N–C) groups is 1. The van der Waals surface area contributed by atoms with Gasteiger partial charge in [-0.25, -0.2) is 4.99 Å². The molecule has 21 heavy (non-hydrogen) atoms. The number of morpholine rings is 1. The molecule has 0 spiro atoms. The van der Waals surface area contributed by atoms with Gasteiger partial charge in [-0.1, -0.05) is 18.2 Å². The largest absolute Gasteiger partial charge is 0.381 e. The molecule has 0 aromatic heterocycles. The van der Waals surface area contributed by atoms with Crippen LogP contribution in [-0.4, -0.2) is 61.8 Å². The first-order valence-electron chi connectivity index (χ1n) is 7.44. The van der Waals surface area contributed by atoms with Crippen LogP contribution in [0.1, 0.15) is 12.8 Å². The van der Waals surface area contributed by atoms with E-state index in [0.717, 1.165) is 58.1 Å². The Hall–Kier alpha value is -0.880. The van der Waals surface area contributed by atoms with E-state index in [1.165, 1.54) is 0 Å². The molecule has 0 amide bonds. The Morgan fingerprint density at radius 3 is 2.57 bits per heavy atom. The maximum absolute atomic E-state index is 6.26. The molecule has 6 heteroatoms. The van der Waals surface area contributed by atoms with Gasteiger partial charge in [0.1, 0.15) is 11.3 Å². The lowest BCUT2D eigenvalue weighted by Crippen LogP contribution is -2.43. The van der Waals surface area contributed by atoms with Crippen LogP contribution in [0.4, 0.5) is 0 Å². The van der Waals surface area contributed by atoms with Gasteiger partial charge in [-0.05, 0) is 18.9 Å². The van der Waals surface area contributed by atoms with Crippen LogP contribution < -0.4 is 0 Å². The molecular weight excluding hydrogens is 292 g/mol. The van der Waals surface area contributed by atoms with Crippen molar-refractivity contribution in [3.63, 3.8) is 0 Å². The average molecular weight is 313 g/mol. The Labute approximate surface area is 130 Å². The third-order valence-corrected chi connectivity index (χ3v) is 4.16. The molecule has 3 aliphatic rings. The molecule has 2 saturated heterocycles. The van der Waals surface area contributed by atoms with E-state index in [2.05, 4.69) is 16.5 Å². The summed E-state index contributed by atoms with van der Waals surface area (Å²) in [6, 6.07) is 0. The Kier molecular flexibility index (Phi) is 4.95. The van der Waals surface area contributed by atoms with Gasteiger partial charge in [0.2, 0.25) is 0 Å². The van der Waals surface area contributed by atoms with Crippen molar-refractivity contribution in [2.75, 3.05) is 39.5 Å². The SMILES string of the molecule is C=C1N=C(Cl)C=C(N2CCOCC2)C1OC1CCOCC1. The van der Waals surface area contributed by atoms with Crippen molar-refractivity contribution in [1.82, 2.24) is 4.90 Å². The topological polar surface area (TPSA) is 43.3 Å². The second-order valence-electron chi connectivity index (χ2n) is 5.42. The quantitative estimate of drug-likeness (QED) is 0.799. The molecule has 2 fully saturated rings. The van der Waals surface area contributed by atoms with Crippen LogP contribution >= 0.6 is 11.6 Å². The highest BCUT2D eigenvalue weighted by atomic mass is 35.5. The molecule has 5 nitrogen and oxygen atoms in total. The van der Waals surface area contributed by atoms with E-state index in [9.17, 15) is 0 Å². The Morgan fingerprint density at radius 2 is 1.86 bits per heavy atom. The van der Waals surface area contributed by atoms with Gasteiger partial charge < -0.3 is 19.1 Å². The van der Waals surface area contributed by atoms with Crippen molar-refractivity contribution in [2.24, 2.45) is 4.99 Å². The Balaban J connectivity index is 1.74. The Bertz CT molecular complexity index is 452. The average Bonchev–Trinajstić information content (AvgIpc) is 2.51. The fourth-order valence-electron chi connectivity index (χ4n) is 2.83. The van der Waals surface area contributed by atoms with E-state index in [-0.39, 0.29) is 12.2 Å². The number of hydrogen-bond acceptors (Lipinski definition) is 5. The van der Waals surface area contributed by atoms with Crippen molar-refractivity contribution < 1.29 is 14.2 Å². The molecule has 116 valence electrons. The lowest BCUT2D eigenvalue weighted by atomic mass is 10.1. The highest BCUT2D eigenvalue weighted by Crippen LogP contribution is 2.28. The molecule has 0 aromatic rings. The summed E-state index contributed by atoms with van der Waals surface area (Å²) < 4.78 is 17.1. The maximum Gasteiger partial charge on any atom is 0.139 e. The first-order chi connectivity index (χ1) is 10.2. The number of hydrogen-bond donors (Lipinski definition) is 0. The molecular formula is C15H21ClN2O3. The summed E-state index contributed by atoms with van der Waals surface area (Å²) in [6.07, 6.45) is 3.70. The van der Waals surface area contributed by atoms with Gasteiger partial charge in [0.25, 0.3) is 0 Å². The molecule has 3 rings (SSSR count). The van der Waals surface area contributed by atoms with Crippen molar-refractivity contribution in [1.29, 1.82) is 0 Å². The number of allylic oxidation sites excluding steroid dienone is 1. The molecule has 0 aliphatic carbocycles. The molecule has 1 atom stereocenters. The highest BCUT2D eigenvalue weighted by molar-refractivity contribution is 6.68. The van der Waals surface area contributed by atoms with Gasteiger partial charge in [-0.15, -0.1) is 0 Å². The molecule has 0 bridgehead atoms. The third-order valence-electron chi connectivity index (χ3n) is 3.96. The van der Waals surface area contributed by atoms with Gasteiger partial charge in [0, 0.05) is 26.3 Å². The predicted molar refractivity (Wildman–Crippen MR) is 81.6 cm³/mol. The molecule has 3 aliphatic heterocycles. The lowest BCUT2D eigenvalue weighted by Gasteiger charge is -2.38. The van der Waals surface area contributed by atoms with E-state index >= 15 is 0 Å². The standard InChI is InChI=1S/C15H21ClN2O3/c1-11-15(21-12-2-6-19-7-3-12)13(10-14(16)17-11)18-4-8-20-9-5-18/h10,12,15H,1-9H2. The smallest absolute Gasteiger partial charge is 0.139 e. The van der Waals surface area contributed by atoms with Crippen molar-refractivity contribution >= 4 is 16.8 Å². The summed E-state index contributed by atoms with van der Waals surface area (Å²) in [5.41, 5.74) is 1.73. The monoisotopic (exact) mass is 312 g/mol. The molecule has 1 unspecified atom stereocenters. The minimum atomic E-state index is -0.214. The van der Waals surface area contributed by atoms with Gasteiger partial charge in [-0.3, -0.25) is 0 Å². The first kappa shape index (κ1) is 15.0. The van der Waals surface area contributed by atoms with Crippen LogP contribution in [0, 0.1) is 0 Å².